The molecule has 0 saturated heterocycles. The second kappa shape index (κ2) is 6.83. The summed E-state index contributed by atoms with van der Waals surface area (Å²) < 4.78 is 5.25. The second-order valence-electron chi connectivity index (χ2n) is 7.60. The molecule has 1 aromatic carbocycles. The molecule has 1 aromatic rings. The van der Waals surface area contributed by atoms with Crippen molar-refractivity contribution >= 4 is 0 Å². The lowest BCUT2D eigenvalue weighted by molar-refractivity contribution is 0.0537. The molecular formula is C19H30O2. The molecule has 1 N–H and O–H groups in total. The van der Waals surface area contributed by atoms with Crippen molar-refractivity contribution in [3.8, 4) is 5.75 Å². The summed E-state index contributed by atoms with van der Waals surface area (Å²) in [6.07, 6.45) is 5.34. The Morgan fingerprint density at radius 1 is 1.19 bits per heavy atom. The Morgan fingerprint density at radius 3 is 2.43 bits per heavy atom. The average molecular weight is 290 g/mol. The van der Waals surface area contributed by atoms with Gasteiger partial charge < -0.3 is 9.84 Å². The van der Waals surface area contributed by atoms with Gasteiger partial charge in [0, 0.05) is 0 Å². The van der Waals surface area contributed by atoms with Crippen LogP contribution < -0.4 is 4.74 Å². The van der Waals surface area contributed by atoms with Crippen LogP contribution in [0.15, 0.2) is 24.3 Å². The predicted molar refractivity (Wildman–Crippen MR) is 87.6 cm³/mol. The van der Waals surface area contributed by atoms with E-state index in [1.807, 2.05) is 18.2 Å². The zero-order valence-electron chi connectivity index (χ0n) is 13.9. The van der Waals surface area contributed by atoms with E-state index in [-0.39, 0.29) is 6.10 Å². The smallest absolute Gasteiger partial charge is 0.119 e. The fourth-order valence-electron chi connectivity index (χ4n) is 3.58. The van der Waals surface area contributed by atoms with Crippen molar-refractivity contribution in [2.24, 2.45) is 17.3 Å². The van der Waals surface area contributed by atoms with Crippen molar-refractivity contribution in [2.75, 3.05) is 7.11 Å². The highest BCUT2D eigenvalue weighted by atomic mass is 16.5. The number of methoxy groups -OCH3 is 1. The normalized spacial score (nSPS) is 24.6. The molecular weight excluding hydrogens is 260 g/mol. The van der Waals surface area contributed by atoms with Gasteiger partial charge in [0.05, 0.1) is 13.2 Å². The number of hydrogen-bond donors (Lipinski definition) is 1. The first-order valence-electron chi connectivity index (χ1n) is 8.21. The van der Waals surface area contributed by atoms with Crippen LogP contribution in [0.3, 0.4) is 0 Å². The zero-order valence-corrected chi connectivity index (χ0v) is 13.9. The van der Waals surface area contributed by atoms with E-state index in [4.69, 9.17) is 4.74 Å². The molecule has 21 heavy (non-hydrogen) atoms. The van der Waals surface area contributed by atoms with Gasteiger partial charge in [-0.25, -0.2) is 0 Å². The van der Waals surface area contributed by atoms with Crippen LogP contribution in [-0.4, -0.2) is 18.3 Å². The van der Waals surface area contributed by atoms with Gasteiger partial charge in [0.25, 0.3) is 0 Å². The highest BCUT2D eigenvalue weighted by Gasteiger charge is 2.32. The summed E-state index contributed by atoms with van der Waals surface area (Å²) in [5.41, 5.74) is 1.57. The number of benzene rings is 1. The first-order valence-corrected chi connectivity index (χ1v) is 8.21. The maximum atomic E-state index is 10.5. The van der Waals surface area contributed by atoms with E-state index < -0.39 is 0 Å². The highest BCUT2D eigenvalue weighted by molar-refractivity contribution is 5.28. The maximum absolute atomic E-state index is 10.5. The van der Waals surface area contributed by atoms with Gasteiger partial charge in [-0.2, -0.15) is 0 Å². The molecule has 0 radical (unpaired) electrons. The van der Waals surface area contributed by atoms with Gasteiger partial charge in [-0.1, -0.05) is 32.9 Å². The fraction of sp³-hybridized carbons (Fsp3) is 0.684. The standard InChI is InChI=1S/C19H30O2/c1-19(2,3)16-10-8-15(9-11-16)18(20)13-14-6-5-7-17(12-14)21-4/h5-7,12,15-16,18,20H,8-11,13H2,1-4H3. The molecule has 0 aliphatic heterocycles. The molecule has 118 valence electrons. The Labute approximate surface area is 129 Å². The van der Waals surface area contributed by atoms with Gasteiger partial charge in [0.15, 0.2) is 0 Å². The third-order valence-corrected chi connectivity index (χ3v) is 5.12. The molecule has 1 aliphatic rings. The van der Waals surface area contributed by atoms with E-state index in [0.717, 1.165) is 30.9 Å². The first-order chi connectivity index (χ1) is 9.90. The number of aliphatic hydroxyl groups excluding tert-OH is 1. The molecule has 0 spiro atoms. The quantitative estimate of drug-likeness (QED) is 0.887. The van der Waals surface area contributed by atoms with E-state index in [0.29, 0.717) is 11.3 Å². The summed E-state index contributed by atoms with van der Waals surface area (Å²) in [5, 5.41) is 10.5. The van der Waals surface area contributed by atoms with Crippen molar-refractivity contribution in [3.05, 3.63) is 29.8 Å². The van der Waals surface area contributed by atoms with Gasteiger partial charge in [-0.05, 0) is 67.1 Å². The summed E-state index contributed by atoms with van der Waals surface area (Å²) in [6, 6.07) is 8.05. The van der Waals surface area contributed by atoms with Crippen LogP contribution in [-0.2, 0) is 6.42 Å². The lowest BCUT2D eigenvalue weighted by Gasteiger charge is -2.38. The summed E-state index contributed by atoms with van der Waals surface area (Å²) in [7, 11) is 1.68. The molecule has 1 unspecified atom stereocenters. The Hall–Kier alpha value is -1.02. The topological polar surface area (TPSA) is 29.5 Å². The van der Waals surface area contributed by atoms with Gasteiger partial charge in [-0.15, -0.1) is 0 Å². The van der Waals surface area contributed by atoms with Crippen LogP contribution in [0.2, 0.25) is 0 Å². The average Bonchev–Trinajstić information content (AvgIpc) is 2.46. The van der Waals surface area contributed by atoms with Crippen molar-refractivity contribution in [1.82, 2.24) is 0 Å². The van der Waals surface area contributed by atoms with Crippen LogP contribution in [0.4, 0.5) is 0 Å². The fourth-order valence-corrected chi connectivity index (χ4v) is 3.58. The molecule has 2 heteroatoms. The van der Waals surface area contributed by atoms with E-state index >= 15 is 0 Å². The second-order valence-corrected chi connectivity index (χ2v) is 7.60. The molecule has 0 bridgehead atoms. The number of ether oxygens (including phenoxy) is 1. The monoisotopic (exact) mass is 290 g/mol. The van der Waals surface area contributed by atoms with Gasteiger partial charge >= 0.3 is 0 Å². The van der Waals surface area contributed by atoms with Gasteiger partial charge in [0.1, 0.15) is 5.75 Å². The molecule has 1 aliphatic carbocycles. The van der Waals surface area contributed by atoms with Crippen molar-refractivity contribution in [2.45, 2.75) is 59.0 Å². The lowest BCUT2D eigenvalue weighted by atomic mass is 9.68. The van der Waals surface area contributed by atoms with Crippen molar-refractivity contribution < 1.29 is 9.84 Å². The summed E-state index contributed by atoms with van der Waals surface area (Å²) in [4.78, 5) is 0. The molecule has 2 nitrogen and oxygen atoms in total. The molecule has 1 atom stereocenters. The summed E-state index contributed by atoms with van der Waals surface area (Å²) >= 11 is 0. The minimum absolute atomic E-state index is 0.224. The van der Waals surface area contributed by atoms with E-state index in [1.54, 1.807) is 7.11 Å². The third kappa shape index (κ3) is 4.47. The SMILES string of the molecule is COc1cccc(CC(O)C2CCC(C(C)(C)C)CC2)c1. The van der Waals surface area contributed by atoms with Crippen molar-refractivity contribution in [1.29, 1.82) is 0 Å². The minimum Gasteiger partial charge on any atom is -0.497 e. The van der Waals surface area contributed by atoms with E-state index in [1.165, 1.54) is 18.4 Å². The largest absolute Gasteiger partial charge is 0.497 e. The molecule has 0 aromatic heterocycles. The van der Waals surface area contributed by atoms with Crippen LogP contribution in [0.1, 0.15) is 52.0 Å². The van der Waals surface area contributed by atoms with Crippen LogP contribution >= 0.6 is 0 Å². The van der Waals surface area contributed by atoms with Crippen LogP contribution in [0.5, 0.6) is 5.75 Å². The molecule has 1 fully saturated rings. The molecule has 0 amide bonds. The number of rotatable bonds is 4. The molecule has 1 saturated carbocycles. The summed E-state index contributed by atoms with van der Waals surface area (Å²) in [6.45, 7) is 7.01. The highest BCUT2D eigenvalue weighted by Crippen LogP contribution is 2.41. The Bertz CT molecular complexity index is 439. The third-order valence-electron chi connectivity index (χ3n) is 5.12. The minimum atomic E-state index is -0.224. The van der Waals surface area contributed by atoms with E-state index in [9.17, 15) is 5.11 Å². The van der Waals surface area contributed by atoms with Crippen LogP contribution in [0, 0.1) is 17.3 Å². The summed E-state index contributed by atoms with van der Waals surface area (Å²) in [5.74, 6) is 2.13. The molecule has 2 rings (SSSR count). The Balaban J connectivity index is 1.88. The zero-order chi connectivity index (χ0) is 15.5. The number of hydrogen-bond acceptors (Lipinski definition) is 2. The lowest BCUT2D eigenvalue weighted by Crippen LogP contribution is -2.31. The predicted octanol–water partition coefficient (Wildman–Crippen LogP) is 4.45. The molecule has 0 heterocycles. The van der Waals surface area contributed by atoms with Gasteiger partial charge in [-0.3, -0.25) is 0 Å². The number of aliphatic hydroxyl groups is 1. The Kier molecular flexibility index (Phi) is 5.32. The first kappa shape index (κ1) is 16.4. The van der Waals surface area contributed by atoms with Gasteiger partial charge in [0.2, 0.25) is 0 Å². The van der Waals surface area contributed by atoms with Crippen molar-refractivity contribution in [3.63, 3.8) is 0 Å². The Morgan fingerprint density at radius 2 is 1.86 bits per heavy atom. The van der Waals surface area contributed by atoms with E-state index in [2.05, 4.69) is 26.8 Å². The van der Waals surface area contributed by atoms with Crippen LogP contribution in [0.25, 0.3) is 0 Å². The maximum Gasteiger partial charge on any atom is 0.119 e.